The van der Waals surface area contributed by atoms with Gasteiger partial charge in [-0.1, -0.05) is 0 Å². The van der Waals surface area contributed by atoms with E-state index in [1.807, 2.05) is 0 Å². The Bertz CT molecular complexity index is 892. The van der Waals surface area contributed by atoms with Gasteiger partial charge < -0.3 is 19.1 Å². The van der Waals surface area contributed by atoms with Crippen LogP contribution >= 0.6 is 11.6 Å². The van der Waals surface area contributed by atoms with E-state index >= 15 is 0 Å². The molecule has 2 aromatic heterocycles. The zero-order valence-corrected chi connectivity index (χ0v) is 17.0. The minimum Gasteiger partial charge on any atom is -0.474 e. The Hall–Kier alpha value is -1.68. The molecule has 2 aliphatic heterocycles. The zero-order valence-electron chi connectivity index (χ0n) is 16.3. The summed E-state index contributed by atoms with van der Waals surface area (Å²) in [6, 6.07) is 0.256. The van der Waals surface area contributed by atoms with Crippen molar-refractivity contribution in [1.82, 2.24) is 24.0 Å². The van der Waals surface area contributed by atoms with Crippen LogP contribution in [0.4, 0.5) is 0 Å². The third-order valence-electron chi connectivity index (χ3n) is 5.62. The molecule has 28 heavy (non-hydrogen) atoms. The van der Waals surface area contributed by atoms with Crippen LogP contribution in [0, 0.1) is 0 Å². The second-order valence-electron chi connectivity index (χ2n) is 7.37. The summed E-state index contributed by atoms with van der Waals surface area (Å²) in [5, 5.41) is 0.0684. The fourth-order valence-corrected chi connectivity index (χ4v) is 4.19. The molecule has 2 saturated heterocycles. The maximum Gasteiger partial charge on any atom is 0.330 e. The molecule has 154 valence electrons. The minimum absolute atomic E-state index is 0.0684. The minimum atomic E-state index is -0.165. The van der Waals surface area contributed by atoms with Crippen LogP contribution < -0.4 is 10.4 Å². The molecule has 0 aliphatic carbocycles. The van der Waals surface area contributed by atoms with Crippen LogP contribution in [-0.4, -0.2) is 77.2 Å². The first-order chi connectivity index (χ1) is 13.6. The fraction of sp³-hybridized carbons (Fsp3) is 0.722. The number of nitrogens with zero attached hydrogens (tertiary/aromatic N) is 5. The number of methoxy groups -OCH3 is 1. The molecule has 0 radical (unpaired) electrons. The van der Waals surface area contributed by atoms with Crippen molar-refractivity contribution in [1.29, 1.82) is 0 Å². The summed E-state index contributed by atoms with van der Waals surface area (Å²) in [6.07, 6.45) is 2.99. The van der Waals surface area contributed by atoms with Crippen LogP contribution in [0.3, 0.4) is 0 Å². The number of hydrogen-bond acceptors (Lipinski definition) is 7. The van der Waals surface area contributed by atoms with Gasteiger partial charge in [0.2, 0.25) is 11.2 Å². The van der Waals surface area contributed by atoms with E-state index in [4.69, 9.17) is 25.8 Å². The molecule has 0 aromatic carbocycles. The Morgan fingerprint density at radius 2 is 2.18 bits per heavy atom. The standard InChI is InChI=1S/C18H26ClN5O4/c1-22-6-3-4-12(22)11-28-16-14-15(20-17(19)21-16)24(13-5-8-27-10-13)18(25)23(14)7-9-26-2/h12-13H,3-11H2,1-2H3/t12?,13-/m1/s1. The number of fused-ring (bicyclic) bond motifs is 1. The van der Waals surface area contributed by atoms with E-state index < -0.39 is 0 Å². The summed E-state index contributed by atoms with van der Waals surface area (Å²) in [6.45, 7) is 3.44. The first-order valence-corrected chi connectivity index (χ1v) is 10.1. The number of hydrogen-bond donors (Lipinski definition) is 0. The Balaban J connectivity index is 1.77. The number of halogens is 1. The zero-order chi connectivity index (χ0) is 19.7. The van der Waals surface area contributed by atoms with Crippen LogP contribution in [0.1, 0.15) is 25.3 Å². The van der Waals surface area contributed by atoms with Crippen molar-refractivity contribution in [2.24, 2.45) is 0 Å². The Morgan fingerprint density at radius 3 is 2.86 bits per heavy atom. The molecule has 10 heteroatoms. The van der Waals surface area contributed by atoms with Gasteiger partial charge in [0.1, 0.15) is 6.61 Å². The predicted molar refractivity (Wildman–Crippen MR) is 104 cm³/mol. The van der Waals surface area contributed by atoms with E-state index in [9.17, 15) is 4.79 Å². The number of likely N-dealkylation sites (N-methyl/N-ethyl adjacent to an activating group) is 1. The molecule has 2 fully saturated rings. The smallest absolute Gasteiger partial charge is 0.330 e. The topological polar surface area (TPSA) is 83.6 Å². The molecular formula is C18H26ClN5O4. The first-order valence-electron chi connectivity index (χ1n) is 9.68. The quantitative estimate of drug-likeness (QED) is 0.635. The number of likely N-dealkylation sites (tertiary alicyclic amines) is 1. The van der Waals surface area contributed by atoms with Gasteiger partial charge in [-0.15, -0.1) is 0 Å². The largest absolute Gasteiger partial charge is 0.474 e. The van der Waals surface area contributed by atoms with E-state index in [1.165, 1.54) is 0 Å². The molecule has 0 amide bonds. The van der Waals surface area contributed by atoms with Crippen molar-refractivity contribution in [3.63, 3.8) is 0 Å². The van der Waals surface area contributed by atoms with Crippen molar-refractivity contribution >= 4 is 22.8 Å². The molecule has 2 aliphatic rings. The second kappa shape index (κ2) is 8.36. The molecule has 0 saturated carbocycles. The molecule has 4 rings (SSSR count). The average molecular weight is 412 g/mol. The van der Waals surface area contributed by atoms with Gasteiger partial charge in [-0.2, -0.15) is 9.97 Å². The van der Waals surface area contributed by atoms with E-state index in [2.05, 4.69) is 21.9 Å². The normalized spacial score (nSPS) is 23.1. The van der Waals surface area contributed by atoms with Crippen LogP contribution in [-0.2, 0) is 16.0 Å². The highest BCUT2D eigenvalue weighted by Gasteiger charge is 2.29. The van der Waals surface area contributed by atoms with E-state index in [0.717, 1.165) is 25.8 Å². The lowest BCUT2D eigenvalue weighted by molar-refractivity contribution is 0.182. The van der Waals surface area contributed by atoms with Gasteiger partial charge in [-0.3, -0.25) is 9.13 Å². The van der Waals surface area contributed by atoms with Gasteiger partial charge in [0, 0.05) is 19.8 Å². The molecular weight excluding hydrogens is 386 g/mol. The van der Waals surface area contributed by atoms with Gasteiger partial charge in [0.15, 0.2) is 11.2 Å². The maximum absolute atomic E-state index is 13.2. The molecule has 2 atom stereocenters. The Morgan fingerprint density at radius 1 is 1.32 bits per heavy atom. The van der Waals surface area contributed by atoms with Gasteiger partial charge in [-0.05, 0) is 44.5 Å². The lowest BCUT2D eigenvalue weighted by atomic mass is 10.2. The number of ether oxygens (including phenoxy) is 3. The molecule has 2 aromatic rings. The lowest BCUT2D eigenvalue weighted by Crippen LogP contribution is -2.31. The summed E-state index contributed by atoms with van der Waals surface area (Å²) in [5.74, 6) is 0.348. The summed E-state index contributed by atoms with van der Waals surface area (Å²) in [4.78, 5) is 24.2. The van der Waals surface area contributed by atoms with Crippen LogP contribution in [0.2, 0.25) is 5.28 Å². The van der Waals surface area contributed by atoms with E-state index in [1.54, 1.807) is 16.2 Å². The van der Waals surface area contributed by atoms with Crippen LogP contribution in [0.5, 0.6) is 5.88 Å². The molecule has 0 N–H and O–H groups in total. The summed E-state index contributed by atoms with van der Waals surface area (Å²) in [7, 11) is 3.70. The first kappa shape index (κ1) is 19.6. The van der Waals surface area contributed by atoms with E-state index in [-0.39, 0.29) is 17.0 Å². The van der Waals surface area contributed by atoms with Crippen molar-refractivity contribution in [2.75, 3.05) is 47.1 Å². The Kier molecular flexibility index (Phi) is 5.86. The monoisotopic (exact) mass is 411 g/mol. The second-order valence-corrected chi connectivity index (χ2v) is 7.71. The highest BCUT2D eigenvalue weighted by atomic mass is 35.5. The van der Waals surface area contributed by atoms with Crippen molar-refractivity contribution < 1.29 is 14.2 Å². The molecule has 9 nitrogen and oxygen atoms in total. The summed E-state index contributed by atoms with van der Waals surface area (Å²) in [5.41, 5.74) is 0.896. The average Bonchev–Trinajstić information content (AvgIpc) is 3.38. The number of aromatic nitrogens is 4. The van der Waals surface area contributed by atoms with Gasteiger partial charge in [0.05, 0.1) is 25.8 Å². The van der Waals surface area contributed by atoms with Crippen LogP contribution in [0.25, 0.3) is 11.2 Å². The van der Waals surface area contributed by atoms with Crippen molar-refractivity contribution in [2.45, 2.75) is 37.9 Å². The number of rotatable bonds is 7. The third-order valence-corrected chi connectivity index (χ3v) is 5.78. The summed E-state index contributed by atoms with van der Waals surface area (Å²) >= 11 is 6.20. The Labute approximate surface area is 168 Å². The predicted octanol–water partition coefficient (Wildman–Crippen LogP) is 1.33. The van der Waals surface area contributed by atoms with Crippen molar-refractivity contribution in [3.8, 4) is 5.88 Å². The van der Waals surface area contributed by atoms with Crippen molar-refractivity contribution in [3.05, 3.63) is 15.8 Å². The van der Waals surface area contributed by atoms with Gasteiger partial charge in [-0.25, -0.2) is 4.79 Å². The van der Waals surface area contributed by atoms with E-state index in [0.29, 0.717) is 56.1 Å². The lowest BCUT2D eigenvalue weighted by Gasteiger charge is -2.19. The van der Waals surface area contributed by atoms with Crippen LogP contribution in [0.15, 0.2) is 4.79 Å². The molecule has 0 bridgehead atoms. The van der Waals surface area contributed by atoms with Gasteiger partial charge in [0.25, 0.3) is 0 Å². The van der Waals surface area contributed by atoms with Gasteiger partial charge >= 0.3 is 5.69 Å². The summed E-state index contributed by atoms with van der Waals surface area (Å²) < 4.78 is 20.1. The fourth-order valence-electron chi connectivity index (χ4n) is 4.03. The molecule has 1 unspecified atom stereocenters. The maximum atomic E-state index is 13.2. The highest BCUT2D eigenvalue weighted by Crippen LogP contribution is 2.29. The third kappa shape index (κ3) is 3.63. The molecule has 4 heterocycles. The highest BCUT2D eigenvalue weighted by molar-refractivity contribution is 6.28. The molecule has 0 spiro atoms. The SMILES string of the molecule is COCCn1c(=O)n([C@@H]2CCOC2)c2nc(Cl)nc(OCC3CCCN3C)c21. The number of imidazole rings is 1.